The van der Waals surface area contributed by atoms with Gasteiger partial charge in [-0.1, -0.05) is 30.3 Å². The van der Waals surface area contributed by atoms with E-state index in [2.05, 4.69) is 12.1 Å². The molecule has 0 spiro atoms. The highest BCUT2D eigenvalue weighted by Gasteiger charge is 2.64. The van der Waals surface area contributed by atoms with Gasteiger partial charge in [0, 0.05) is 12.5 Å². The van der Waals surface area contributed by atoms with Crippen LogP contribution >= 0.6 is 0 Å². The zero-order chi connectivity index (χ0) is 16.0. The molecule has 2 aliphatic rings. The van der Waals surface area contributed by atoms with Crippen LogP contribution in [0.25, 0.3) is 0 Å². The number of methoxy groups -OCH3 is 1. The smallest absolute Gasteiger partial charge is 0.338 e. The molecule has 1 N–H and O–H groups in total. The van der Waals surface area contributed by atoms with Crippen molar-refractivity contribution < 1.29 is 19.4 Å². The van der Waals surface area contributed by atoms with E-state index in [0.717, 1.165) is 6.42 Å². The minimum atomic E-state index is -1.48. The average molecular weight is 304 g/mol. The third-order valence-corrected chi connectivity index (χ3v) is 5.43. The highest BCUT2D eigenvalue weighted by molar-refractivity contribution is 5.80. The zero-order valence-corrected chi connectivity index (χ0v) is 13.4. The van der Waals surface area contributed by atoms with Gasteiger partial charge in [0.1, 0.15) is 0 Å². The van der Waals surface area contributed by atoms with Crippen LogP contribution in [0, 0.1) is 11.8 Å². The fraction of sp³-hybridized carbons (Fsp3) is 0.611. The molecule has 4 atom stereocenters. The van der Waals surface area contributed by atoms with E-state index in [-0.39, 0.29) is 17.8 Å². The van der Waals surface area contributed by atoms with Gasteiger partial charge in [-0.2, -0.15) is 0 Å². The summed E-state index contributed by atoms with van der Waals surface area (Å²) in [6, 6.07) is 10.1. The molecule has 1 aliphatic carbocycles. The van der Waals surface area contributed by atoms with Gasteiger partial charge in [0.2, 0.25) is 0 Å². The molecule has 4 heteroatoms. The molecule has 1 aromatic rings. The van der Waals surface area contributed by atoms with Crippen LogP contribution in [0.5, 0.6) is 0 Å². The van der Waals surface area contributed by atoms with Gasteiger partial charge in [0.05, 0.1) is 12.7 Å². The Morgan fingerprint density at radius 3 is 2.64 bits per heavy atom. The van der Waals surface area contributed by atoms with E-state index in [1.165, 1.54) is 12.7 Å². The summed E-state index contributed by atoms with van der Waals surface area (Å²) in [7, 11) is 1.34. The van der Waals surface area contributed by atoms with Crippen molar-refractivity contribution in [3.8, 4) is 0 Å². The van der Waals surface area contributed by atoms with E-state index < -0.39 is 17.2 Å². The van der Waals surface area contributed by atoms with Crippen LogP contribution < -0.4 is 0 Å². The lowest BCUT2D eigenvalue weighted by Gasteiger charge is -2.45. The predicted octanol–water partition coefficient (Wildman–Crippen LogP) is 2.51. The van der Waals surface area contributed by atoms with E-state index in [1.807, 2.05) is 32.0 Å². The fourth-order valence-corrected chi connectivity index (χ4v) is 4.66. The number of ether oxygens (including phenoxy) is 2. The minimum absolute atomic E-state index is 0.151. The summed E-state index contributed by atoms with van der Waals surface area (Å²) in [5, 5.41) is 11.2. The van der Waals surface area contributed by atoms with Crippen molar-refractivity contribution in [1.82, 2.24) is 0 Å². The van der Waals surface area contributed by atoms with Gasteiger partial charge in [0.25, 0.3) is 0 Å². The summed E-state index contributed by atoms with van der Waals surface area (Å²) in [5.41, 5.74) is -0.853. The summed E-state index contributed by atoms with van der Waals surface area (Å²) in [4.78, 5) is 12.3. The van der Waals surface area contributed by atoms with E-state index in [1.54, 1.807) is 0 Å². The number of carbonyl (C=O) groups is 1. The number of carbonyl (C=O) groups excluding carboxylic acids is 1. The van der Waals surface area contributed by atoms with Gasteiger partial charge >= 0.3 is 5.97 Å². The normalized spacial score (nSPS) is 36.6. The third-order valence-electron chi connectivity index (χ3n) is 5.43. The quantitative estimate of drug-likeness (QED) is 0.853. The lowest BCUT2D eigenvalue weighted by molar-refractivity contribution is -0.195. The molecule has 1 heterocycles. The summed E-state index contributed by atoms with van der Waals surface area (Å²) < 4.78 is 10.8. The molecule has 120 valence electrons. The van der Waals surface area contributed by atoms with Gasteiger partial charge < -0.3 is 14.6 Å². The highest BCUT2D eigenvalue weighted by Crippen LogP contribution is 2.57. The molecular formula is C18H24O4. The second-order valence-corrected chi connectivity index (χ2v) is 7.02. The maximum atomic E-state index is 12.3. The Morgan fingerprint density at radius 2 is 2.00 bits per heavy atom. The molecule has 0 radical (unpaired) electrons. The number of hydrogen-bond donors (Lipinski definition) is 1. The van der Waals surface area contributed by atoms with Crippen molar-refractivity contribution in [3.05, 3.63) is 35.9 Å². The lowest BCUT2D eigenvalue weighted by atomic mass is 9.70. The molecule has 0 aromatic heterocycles. The second-order valence-electron chi connectivity index (χ2n) is 7.02. The Bertz CT molecular complexity index is 553. The number of esters is 1. The Kier molecular flexibility index (Phi) is 3.77. The Balaban J connectivity index is 2.05. The SMILES string of the molecule is COC(=O)[C@@]1(O)C[C@H](c2ccccc2)[C@H]2CCOC(C)(C)[C@@H]21. The highest BCUT2D eigenvalue weighted by atomic mass is 16.5. The molecule has 22 heavy (non-hydrogen) atoms. The van der Waals surface area contributed by atoms with Crippen molar-refractivity contribution in [2.75, 3.05) is 13.7 Å². The third kappa shape index (κ3) is 2.25. The number of fused-ring (bicyclic) bond motifs is 1. The van der Waals surface area contributed by atoms with Crippen LogP contribution in [0.1, 0.15) is 38.2 Å². The van der Waals surface area contributed by atoms with Crippen LogP contribution in [0.3, 0.4) is 0 Å². The van der Waals surface area contributed by atoms with Crippen LogP contribution in [0.2, 0.25) is 0 Å². The number of hydrogen-bond acceptors (Lipinski definition) is 4. The fourth-order valence-electron chi connectivity index (χ4n) is 4.66. The summed E-state index contributed by atoms with van der Waals surface area (Å²) >= 11 is 0. The first-order chi connectivity index (χ1) is 10.4. The zero-order valence-electron chi connectivity index (χ0n) is 13.4. The first kappa shape index (κ1) is 15.5. The summed E-state index contributed by atoms with van der Waals surface area (Å²) in [6.07, 6.45) is 1.25. The van der Waals surface area contributed by atoms with Crippen LogP contribution in [0.15, 0.2) is 30.3 Å². The molecule has 1 saturated carbocycles. The molecule has 0 bridgehead atoms. The monoisotopic (exact) mass is 304 g/mol. The first-order valence-corrected chi connectivity index (χ1v) is 7.90. The Morgan fingerprint density at radius 1 is 1.32 bits per heavy atom. The van der Waals surface area contributed by atoms with E-state index in [0.29, 0.717) is 13.0 Å². The van der Waals surface area contributed by atoms with Gasteiger partial charge in [-0.15, -0.1) is 0 Å². The Hall–Kier alpha value is -1.39. The van der Waals surface area contributed by atoms with E-state index in [9.17, 15) is 9.90 Å². The van der Waals surface area contributed by atoms with E-state index >= 15 is 0 Å². The van der Waals surface area contributed by atoms with Crippen molar-refractivity contribution in [2.45, 2.75) is 43.8 Å². The van der Waals surface area contributed by atoms with E-state index in [4.69, 9.17) is 9.47 Å². The molecule has 0 amide bonds. The van der Waals surface area contributed by atoms with Crippen LogP contribution in [-0.4, -0.2) is 36.0 Å². The molecule has 3 rings (SSSR count). The maximum absolute atomic E-state index is 12.3. The largest absolute Gasteiger partial charge is 0.467 e. The van der Waals surface area contributed by atoms with Gasteiger partial charge in [-0.05, 0) is 44.1 Å². The molecule has 4 nitrogen and oxygen atoms in total. The van der Waals surface area contributed by atoms with Gasteiger partial charge in [-0.25, -0.2) is 4.79 Å². The number of rotatable bonds is 2. The average Bonchev–Trinajstić information content (AvgIpc) is 2.83. The molecular weight excluding hydrogens is 280 g/mol. The summed E-state index contributed by atoms with van der Waals surface area (Å²) in [5.74, 6) is -0.431. The summed E-state index contributed by atoms with van der Waals surface area (Å²) in [6.45, 7) is 4.59. The van der Waals surface area contributed by atoms with Gasteiger partial charge in [-0.3, -0.25) is 0 Å². The molecule has 1 aromatic carbocycles. The van der Waals surface area contributed by atoms with Crippen molar-refractivity contribution in [2.24, 2.45) is 11.8 Å². The number of benzene rings is 1. The van der Waals surface area contributed by atoms with Crippen molar-refractivity contribution in [1.29, 1.82) is 0 Å². The standard InChI is InChI=1S/C18H24O4/c1-17(2)15-13(9-10-22-17)14(12-7-5-4-6-8-12)11-18(15,20)16(19)21-3/h4-8,13-15,20H,9-11H2,1-3H3/t13-,14-,15-,18-/m1/s1. The van der Waals surface area contributed by atoms with Crippen molar-refractivity contribution in [3.63, 3.8) is 0 Å². The number of aliphatic hydroxyl groups is 1. The van der Waals surface area contributed by atoms with Crippen molar-refractivity contribution >= 4 is 5.97 Å². The van der Waals surface area contributed by atoms with Crippen LogP contribution in [0.4, 0.5) is 0 Å². The lowest BCUT2D eigenvalue weighted by Crippen LogP contribution is -2.56. The Labute approximate surface area is 131 Å². The molecule has 2 fully saturated rings. The maximum Gasteiger partial charge on any atom is 0.338 e. The molecule has 1 saturated heterocycles. The van der Waals surface area contributed by atoms with Crippen LogP contribution in [-0.2, 0) is 14.3 Å². The predicted molar refractivity (Wildman–Crippen MR) is 82.4 cm³/mol. The first-order valence-electron chi connectivity index (χ1n) is 7.90. The van der Waals surface area contributed by atoms with Gasteiger partial charge in [0.15, 0.2) is 5.60 Å². The topological polar surface area (TPSA) is 55.8 Å². The molecule has 1 aliphatic heterocycles. The molecule has 0 unspecified atom stereocenters. The second kappa shape index (κ2) is 5.36. The minimum Gasteiger partial charge on any atom is -0.467 e.